The maximum Gasteiger partial charge on any atom is 0.237 e. The van der Waals surface area contributed by atoms with Crippen LogP contribution in [0.2, 0.25) is 0 Å². The van der Waals surface area contributed by atoms with Crippen LogP contribution in [0.3, 0.4) is 0 Å². The summed E-state index contributed by atoms with van der Waals surface area (Å²) in [6.07, 6.45) is 3.57. The van der Waals surface area contributed by atoms with E-state index >= 15 is 0 Å². The van der Waals surface area contributed by atoms with Gasteiger partial charge in [0.2, 0.25) is 5.91 Å². The van der Waals surface area contributed by atoms with E-state index in [1.54, 1.807) is 12.1 Å². The average Bonchev–Trinajstić information content (AvgIpc) is 2.95. The zero-order valence-corrected chi connectivity index (χ0v) is 15.1. The van der Waals surface area contributed by atoms with Gasteiger partial charge in [0.25, 0.3) is 0 Å². The number of nitrogens with one attached hydrogen (secondary N) is 1. The van der Waals surface area contributed by atoms with Gasteiger partial charge >= 0.3 is 0 Å². The number of fused-ring (bicyclic) bond motifs is 1. The molecule has 0 bridgehead atoms. The smallest absolute Gasteiger partial charge is 0.237 e. The SMILES string of the molecule is CC1CCN(c2ccc(N=CC3C(=O)Nc4ccc(F)cc43)cc2F)CC1. The summed E-state index contributed by atoms with van der Waals surface area (Å²) in [5.41, 5.74) is 2.15. The summed E-state index contributed by atoms with van der Waals surface area (Å²) >= 11 is 0. The van der Waals surface area contributed by atoms with Crippen molar-refractivity contribution in [2.24, 2.45) is 10.9 Å². The molecule has 6 heteroatoms. The van der Waals surface area contributed by atoms with E-state index in [0.29, 0.717) is 28.5 Å². The number of anilines is 2. The zero-order chi connectivity index (χ0) is 19.0. The van der Waals surface area contributed by atoms with Crippen LogP contribution in [0.5, 0.6) is 0 Å². The van der Waals surface area contributed by atoms with Crippen molar-refractivity contribution in [2.75, 3.05) is 23.3 Å². The second kappa shape index (κ2) is 7.10. The highest BCUT2D eigenvalue weighted by atomic mass is 19.1. The number of benzene rings is 2. The summed E-state index contributed by atoms with van der Waals surface area (Å²) in [6.45, 7) is 3.92. The topological polar surface area (TPSA) is 44.7 Å². The van der Waals surface area contributed by atoms with Crippen LogP contribution in [0, 0.1) is 17.6 Å². The van der Waals surface area contributed by atoms with Crippen molar-refractivity contribution in [3.8, 4) is 0 Å². The first kappa shape index (κ1) is 17.6. The monoisotopic (exact) mass is 369 g/mol. The maximum atomic E-state index is 14.6. The summed E-state index contributed by atoms with van der Waals surface area (Å²) in [7, 11) is 0. The summed E-state index contributed by atoms with van der Waals surface area (Å²) in [4.78, 5) is 18.4. The molecule has 4 rings (SSSR count). The van der Waals surface area contributed by atoms with Crippen LogP contribution in [0.25, 0.3) is 0 Å². The molecule has 2 aromatic carbocycles. The third kappa shape index (κ3) is 3.56. The molecule has 0 aliphatic carbocycles. The van der Waals surface area contributed by atoms with E-state index in [-0.39, 0.29) is 11.7 Å². The molecular weight excluding hydrogens is 348 g/mol. The van der Waals surface area contributed by atoms with Crippen LogP contribution in [0.4, 0.5) is 25.8 Å². The lowest BCUT2D eigenvalue weighted by atomic mass is 9.99. The minimum Gasteiger partial charge on any atom is -0.369 e. The van der Waals surface area contributed by atoms with Gasteiger partial charge in [-0.15, -0.1) is 0 Å². The molecule has 4 nitrogen and oxygen atoms in total. The number of nitrogens with zero attached hydrogens (tertiary/aromatic N) is 2. The molecular formula is C21H21F2N3O. The lowest BCUT2D eigenvalue weighted by Crippen LogP contribution is -2.33. The second-order valence-electron chi connectivity index (χ2n) is 7.28. The molecule has 2 aliphatic heterocycles. The van der Waals surface area contributed by atoms with Gasteiger partial charge in [0.15, 0.2) is 0 Å². The average molecular weight is 369 g/mol. The van der Waals surface area contributed by atoms with Crippen molar-refractivity contribution in [1.29, 1.82) is 0 Å². The standard InChI is InChI=1S/C21H21F2N3O/c1-13-6-8-26(9-7-13)20-5-3-15(11-18(20)23)24-12-17-16-10-14(22)2-4-19(16)25-21(17)27/h2-5,10-13,17H,6-9H2,1H3,(H,25,27). The number of amides is 1. The molecule has 2 aromatic rings. The molecule has 0 aromatic heterocycles. The molecule has 27 heavy (non-hydrogen) atoms. The fraction of sp³-hybridized carbons (Fsp3) is 0.333. The number of aliphatic imine (C=N–C) groups is 1. The fourth-order valence-corrected chi connectivity index (χ4v) is 3.65. The van der Waals surface area contributed by atoms with Gasteiger partial charge in [0.1, 0.15) is 17.6 Å². The number of halogens is 2. The Morgan fingerprint density at radius 1 is 1.15 bits per heavy atom. The number of carbonyl (C=O) groups is 1. The molecule has 0 saturated carbocycles. The lowest BCUT2D eigenvalue weighted by molar-refractivity contribution is -0.115. The van der Waals surface area contributed by atoms with Crippen molar-refractivity contribution in [1.82, 2.24) is 0 Å². The molecule has 1 atom stereocenters. The molecule has 1 N–H and O–H groups in total. The number of hydrogen-bond acceptors (Lipinski definition) is 3. The van der Waals surface area contributed by atoms with E-state index in [4.69, 9.17) is 0 Å². The first-order valence-corrected chi connectivity index (χ1v) is 9.20. The Morgan fingerprint density at radius 3 is 2.67 bits per heavy atom. The minimum absolute atomic E-state index is 0.265. The van der Waals surface area contributed by atoms with Gasteiger partial charge in [-0.05, 0) is 54.7 Å². The zero-order valence-electron chi connectivity index (χ0n) is 15.1. The van der Waals surface area contributed by atoms with Gasteiger partial charge in [0.05, 0.1) is 11.4 Å². The van der Waals surface area contributed by atoms with E-state index < -0.39 is 11.7 Å². The highest BCUT2D eigenvalue weighted by molar-refractivity contribution is 6.12. The van der Waals surface area contributed by atoms with E-state index in [9.17, 15) is 13.6 Å². The Hall–Kier alpha value is -2.76. The number of piperidine rings is 1. The molecule has 1 fully saturated rings. The summed E-state index contributed by atoms with van der Waals surface area (Å²) in [5.74, 6) is -0.990. The van der Waals surface area contributed by atoms with Crippen molar-refractivity contribution >= 4 is 29.2 Å². The van der Waals surface area contributed by atoms with Gasteiger partial charge < -0.3 is 10.2 Å². The van der Waals surface area contributed by atoms with Crippen LogP contribution in [0.1, 0.15) is 31.2 Å². The molecule has 1 unspecified atom stereocenters. The highest BCUT2D eigenvalue weighted by Crippen LogP contribution is 2.33. The van der Waals surface area contributed by atoms with E-state index in [1.807, 2.05) is 0 Å². The van der Waals surface area contributed by atoms with Crippen molar-refractivity contribution in [3.05, 3.63) is 53.6 Å². The van der Waals surface area contributed by atoms with Crippen molar-refractivity contribution in [3.63, 3.8) is 0 Å². The fourth-order valence-electron chi connectivity index (χ4n) is 3.65. The van der Waals surface area contributed by atoms with E-state index in [0.717, 1.165) is 25.9 Å². The molecule has 2 heterocycles. The van der Waals surface area contributed by atoms with E-state index in [1.165, 1.54) is 30.5 Å². The molecule has 140 valence electrons. The predicted octanol–water partition coefficient (Wildman–Crippen LogP) is 4.64. The van der Waals surface area contributed by atoms with Gasteiger partial charge in [-0.25, -0.2) is 8.78 Å². The predicted molar refractivity (Wildman–Crippen MR) is 103 cm³/mol. The summed E-state index contributed by atoms with van der Waals surface area (Å²) < 4.78 is 28.0. The van der Waals surface area contributed by atoms with Gasteiger partial charge in [-0.2, -0.15) is 0 Å². The lowest BCUT2D eigenvalue weighted by Gasteiger charge is -2.32. The number of hydrogen-bond donors (Lipinski definition) is 1. The third-order valence-corrected chi connectivity index (χ3v) is 5.32. The first-order chi connectivity index (χ1) is 13.0. The van der Waals surface area contributed by atoms with E-state index in [2.05, 4.69) is 22.1 Å². The second-order valence-corrected chi connectivity index (χ2v) is 7.28. The summed E-state index contributed by atoms with van der Waals surface area (Å²) in [5, 5.41) is 2.70. The number of carbonyl (C=O) groups excluding carboxylic acids is 1. The van der Waals surface area contributed by atoms with Crippen LogP contribution >= 0.6 is 0 Å². The minimum atomic E-state index is -0.679. The van der Waals surface area contributed by atoms with Crippen molar-refractivity contribution in [2.45, 2.75) is 25.7 Å². The van der Waals surface area contributed by atoms with Crippen molar-refractivity contribution < 1.29 is 13.6 Å². The molecule has 1 saturated heterocycles. The maximum absolute atomic E-state index is 14.6. The van der Waals surface area contributed by atoms with Crippen LogP contribution < -0.4 is 10.2 Å². The highest BCUT2D eigenvalue weighted by Gasteiger charge is 2.29. The molecule has 0 spiro atoms. The Morgan fingerprint density at radius 2 is 1.93 bits per heavy atom. The van der Waals surface area contributed by atoms with Gasteiger partial charge in [-0.1, -0.05) is 6.92 Å². The largest absolute Gasteiger partial charge is 0.369 e. The normalized spacial score (nSPS) is 20.2. The molecule has 0 radical (unpaired) electrons. The summed E-state index contributed by atoms with van der Waals surface area (Å²) in [6, 6.07) is 9.01. The Kier molecular flexibility index (Phi) is 4.64. The van der Waals surface area contributed by atoms with Crippen LogP contribution in [0.15, 0.2) is 41.4 Å². The van der Waals surface area contributed by atoms with Gasteiger partial charge in [-0.3, -0.25) is 9.79 Å². The van der Waals surface area contributed by atoms with Crippen LogP contribution in [-0.2, 0) is 4.79 Å². The molecule has 1 amide bonds. The third-order valence-electron chi connectivity index (χ3n) is 5.32. The number of rotatable bonds is 3. The quantitative estimate of drug-likeness (QED) is 0.801. The Labute approximate surface area is 156 Å². The Balaban J connectivity index is 1.53. The van der Waals surface area contributed by atoms with Gasteiger partial charge in [0, 0.05) is 31.1 Å². The first-order valence-electron chi connectivity index (χ1n) is 9.20. The molecule has 2 aliphatic rings. The van der Waals surface area contributed by atoms with Crippen LogP contribution in [-0.4, -0.2) is 25.2 Å². The Bertz CT molecular complexity index is 904.